The third-order valence-corrected chi connectivity index (χ3v) is 3.27. The summed E-state index contributed by atoms with van der Waals surface area (Å²) in [4.78, 5) is 11.7. The van der Waals surface area contributed by atoms with Gasteiger partial charge in [0.2, 0.25) is 0 Å². The van der Waals surface area contributed by atoms with E-state index in [0.717, 1.165) is 12.8 Å². The Labute approximate surface area is 99.4 Å². The van der Waals surface area contributed by atoms with E-state index < -0.39 is 0 Å². The van der Waals surface area contributed by atoms with Crippen molar-refractivity contribution >= 4 is 17.5 Å². The molecule has 4 heteroatoms. The van der Waals surface area contributed by atoms with Gasteiger partial charge in [-0.1, -0.05) is 11.6 Å². The highest BCUT2D eigenvalue weighted by Gasteiger charge is 2.42. The Kier molecular flexibility index (Phi) is 3.17. The molecule has 0 unspecified atom stereocenters. The van der Waals surface area contributed by atoms with E-state index >= 15 is 0 Å². The summed E-state index contributed by atoms with van der Waals surface area (Å²) in [6.07, 6.45) is 1.98. The Morgan fingerprint density at radius 2 is 2.00 bits per heavy atom. The zero-order chi connectivity index (χ0) is 11.6. The lowest BCUT2D eigenvalue weighted by Crippen LogP contribution is -2.31. The van der Waals surface area contributed by atoms with Crippen LogP contribution in [0.1, 0.15) is 23.2 Å². The highest BCUT2D eigenvalue weighted by Crippen LogP contribution is 2.44. The highest BCUT2D eigenvalue weighted by atomic mass is 35.5. The van der Waals surface area contributed by atoms with Gasteiger partial charge in [0.25, 0.3) is 5.91 Å². The minimum Gasteiger partial charge on any atom is -0.396 e. The maximum Gasteiger partial charge on any atom is 0.251 e. The predicted octanol–water partition coefficient (Wildman–Crippen LogP) is 1.84. The molecule has 1 aromatic rings. The first-order valence-corrected chi connectivity index (χ1v) is 5.68. The summed E-state index contributed by atoms with van der Waals surface area (Å²) < 4.78 is 0. The van der Waals surface area contributed by atoms with Crippen molar-refractivity contribution in [3.05, 3.63) is 34.9 Å². The van der Waals surface area contributed by atoms with E-state index in [9.17, 15) is 4.79 Å². The number of hydrogen-bond donors (Lipinski definition) is 2. The number of hydrogen-bond acceptors (Lipinski definition) is 2. The molecule has 0 radical (unpaired) electrons. The molecule has 2 N–H and O–H groups in total. The molecule has 16 heavy (non-hydrogen) atoms. The minimum absolute atomic E-state index is 0.0535. The van der Waals surface area contributed by atoms with Crippen molar-refractivity contribution in [2.24, 2.45) is 5.41 Å². The van der Waals surface area contributed by atoms with Crippen molar-refractivity contribution < 1.29 is 9.90 Å². The lowest BCUT2D eigenvalue weighted by Gasteiger charge is -2.12. The van der Waals surface area contributed by atoms with Gasteiger partial charge in [-0.25, -0.2) is 0 Å². The van der Waals surface area contributed by atoms with Crippen LogP contribution in [0.25, 0.3) is 0 Å². The zero-order valence-corrected chi connectivity index (χ0v) is 9.63. The van der Waals surface area contributed by atoms with Crippen molar-refractivity contribution in [1.29, 1.82) is 0 Å². The summed E-state index contributed by atoms with van der Waals surface area (Å²) in [5.74, 6) is -0.114. The maximum atomic E-state index is 11.7. The topological polar surface area (TPSA) is 49.3 Å². The molecule has 0 spiro atoms. The number of aliphatic hydroxyl groups excluding tert-OH is 1. The Bertz CT molecular complexity index is 385. The van der Waals surface area contributed by atoms with Crippen LogP contribution in [0.5, 0.6) is 0 Å². The van der Waals surface area contributed by atoms with E-state index in [0.29, 0.717) is 17.1 Å². The van der Waals surface area contributed by atoms with Crippen LogP contribution < -0.4 is 5.32 Å². The number of carbonyl (C=O) groups excluding carboxylic acids is 1. The summed E-state index contributed by atoms with van der Waals surface area (Å²) in [5.41, 5.74) is 0.542. The number of halogens is 1. The van der Waals surface area contributed by atoms with Crippen molar-refractivity contribution in [1.82, 2.24) is 5.32 Å². The van der Waals surface area contributed by atoms with Crippen LogP contribution in [-0.2, 0) is 0 Å². The second-order valence-corrected chi connectivity index (χ2v) is 4.78. The third-order valence-electron chi connectivity index (χ3n) is 3.02. The molecule has 1 aromatic carbocycles. The van der Waals surface area contributed by atoms with Gasteiger partial charge in [0.05, 0.1) is 6.61 Å². The first-order valence-electron chi connectivity index (χ1n) is 5.30. The second kappa shape index (κ2) is 4.44. The van der Waals surface area contributed by atoms with Gasteiger partial charge < -0.3 is 10.4 Å². The number of rotatable bonds is 4. The predicted molar refractivity (Wildman–Crippen MR) is 62.5 cm³/mol. The van der Waals surface area contributed by atoms with Crippen LogP contribution in [0.3, 0.4) is 0 Å². The molecule has 1 amide bonds. The second-order valence-electron chi connectivity index (χ2n) is 4.35. The van der Waals surface area contributed by atoms with Gasteiger partial charge in [-0.05, 0) is 37.1 Å². The Morgan fingerprint density at radius 3 is 2.50 bits per heavy atom. The molecular formula is C12H14ClNO2. The Hall–Kier alpha value is -1.06. The number of benzene rings is 1. The summed E-state index contributed by atoms with van der Waals surface area (Å²) >= 11 is 5.73. The quantitative estimate of drug-likeness (QED) is 0.843. The number of aliphatic hydroxyl groups is 1. The van der Waals surface area contributed by atoms with E-state index in [1.54, 1.807) is 24.3 Å². The molecule has 1 aliphatic rings. The number of nitrogens with one attached hydrogen (secondary N) is 1. The van der Waals surface area contributed by atoms with Gasteiger partial charge in [-0.3, -0.25) is 4.79 Å². The van der Waals surface area contributed by atoms with E-state index in [-0.39, 0.29) is 17.9 Å². The van der Waals surface area contributed by atoms with Crippen molar-refractivity contribution in [2.75, 3.05) is 13.2 Å². The molecule has 0 aliphatic heterocycles. The van der Waals surface area contributed by atoms with Crippen LogP contribution in [-0.4, -0.2) is 24.2 Å². The van der Waals surface area contributed by atoms with Crippen LogP contribution in [0.2, 0.25) is 5.02 Å². The molecule has 0 bridgehead atoms. The van der Waals surface area contributed by atoms with Crippen molar-refractivity contribution in [3.63, 3.8) is 0 Å². The van der Waals surface area contributed by atoms with Gasteiger partial charge in [0, 0.05) is 22.5 Å². The molecule has 1 aliphatic carbocycles. The van der Waals surface area contributed by atoms with E-state index in [4.69, 9.17) is 16.7 Å². The minimum atomic E-state index is -0.114. The lowest BCUT2D eigenvalue weighted by molar-refractivity contribution is 0.0935. The third kappa shape index (κ3) is 2.54. The van der Waals surface area contributed by atoms with Gasteiger partial charge in [-0.15, -0.1) is 0 Å². The monoisotopic (exact) mass is 239 g/mol. The van der Waals surface area contributed by atoms with Crippen molar-refractivity contribution in [2.45, 2.75) is 12.8 Å². The molecule has 0 aromatic heterocycles. The summed E-state index contributed by atoms with van der Waals surface area (Å²) in [5, 5.41) is 12.6. The number of amides is 1. The normalized spacial score (nSPS) is 16.9. The molecule has 0 heterocycles. The average Bonchev–Trinajstić information content (AvgIpc) is 3.08. The van der Waals surface area contributed by atoms with Gasteiger partial charge in [-0.2, -0.15) is 0 Å². The molecule has 86 valence electrons. The van der Waals surface area contributed by atoms with Gasteiger partial charge in [0.1, 0.15) is 0 Å². The fourth-order valence-electron chi connectivity index (χ4n) is 1.54. The Balaban J connectivity index is 1.91. The molecule has 1 fully saturated rings. The lowest BCUT2D eigenvalue weighted by atomic mass is 10.1. The molecule has 1 saturated carbocycles. The average molecular weight is 240 g/mol. The maximum absolute atomic E-state index is 11.7. The molecule has 0 atom stereocenters. The fraction of sp³-hybridized carbons (Fsp3) is 0.417. The molecule has 2 rings (SSSR count). The SMILES string of the molecule is O=C(NCC1(CO)CC1)c1ccc(Cl)cc1. The van der Waals surface area contributed by atoms with E-state index in [1.165, 1.54) is 0 Å². The molecular weight excluding hydrogens is 226 g/mol. The standard InChI is InChI=1S/C12H14ClNO2/c13-10-3-1-9(2-4-10)11(16)14-7-12(8-15)5-6-12/h1-4,15H,5-8H2,(H,14,16). The van der Waals surface area contributed by atoms with E-state index in [2.05, 4.69) is 5.32 Å². The first-order chi connectivity index (χ1) is 7.65. The van der Waals surface area contributed by atoms with Crippen LogP contribution in [0.15, 0.2) is 24.3 Å². The van der Waals surface area contributed by atoms with Crippen LogP contribution in [0.4, 0.5) is 0 Å². The zero-order valence-electron chi connectivity index (χ0n) is 8.87. The first kappa shape index (κ1) is 11.4. The van der Waals surface area contributed by atoms with Crippen LogP contribution >= 0.6 is 11.6 Å². The van der Waals surface area contributed by atoms with Gasteiger partial charge in [0.15, 0.2) is 0 Å². The number of carbonyl (C=O) groups is 1. The summed E-state index contributed by atoms with van der Waals surface area (Å²) in [6.45, 7) is 0.693. The van der Waals surface area contributed by atoms with Crippen molar-refractivity contribution in [3.8, 4) is 0 Å². The molecule has 0 saturated heterocycles. The summed E-state index contributed by atoms with van der Waals surface area (Å²) in [6, 6.07) is 6.76. The smallest absolute Gasteiger partial charge is 0.251 e. The Morgan fingerprint density at radius 1 is 1.38 bits per heavy atom. The fourth-order valence-corrected chi connectivity index (χ4v) is 1.66. The van der Waals surface area contributed by atoms with Crippen LogP contribution in [0, 0.1) is 5.41 Å². The summed E-state index contributed by atoms with van der Waals surface area (Å²) in [7, 11) is 0. The largest absolute Gasteiger partial charge is 0.396 e. The van der Waals surface area contributed by atoms with Gasteiger partial charge >= 0.3 is 0 Å². The molecule has 3 nitrogen and oxygen atoms in total. The highest BCUT2D eigenvalue weighted by molar-refractivity contribution is 6.30. The van der Waals surface area contributed by atoms with E-state index in [1.807, 2.05) is 0 Å².